The molecule has 0 aliphatic carbocycles. The van der Waals surface area contributed by atoms with Crippen LogP contribution in [-0.4, -0.2) is 22.6 Å². The first-order valence-corrected chi connectivity index (χ1v) is 8.55. The molecule has 0 radical (unpaired) electrons. The molecule has 1 heterocycles. The molecule has 0 atom stereocenters. The number of nitrogens with zero attached hydrogens (tertiary/aromatic N) is 1. The zero-order valence-electron chi connectivity index (χ0n) is 14.9. The van der Waals surface area contributed by atoms with Crippen LogP contribution < -0.4 is 14.8 Å². The fraction of sp³-hybridized carbons (Fsp3) is 0.143. The zero-order valence-corrected chi connectivity index (χ0v) is 14.9. The summed E-state index contributed by atoms with van der Waals surface area (Å²) in [4.78, 5) is 16.5. The number of ether oxygens (including phenoxy) is 2. The fourth-order valence-corrected chi connectivity index (χ4v) is 2.45. The maximum atomic E-state index is 12.5. The number of nitrogens with one attached hydrogen (secondary N) is 1. The molecule has 1 aromatic heterocycles. The summed E-state index contributed by atoms with van der Waals surface area (Å²) in [5.41, 5.74) is 1.73. The third kappa shape index (κ3) is 4.76. The summed E-state index contributed by atoms with van der Waals surface area (Å²) >= 11 is 0. The van der Waals surface area contributed by atoms with Crippen LogP contribution in [0.25, 0.3) is 0 Å². The average molecular weight is 364 g/mol. The first-order valence-electron chi connectivity index (χ1n) is 8.55. The van der Waals surface area contributed by atoms with Crippen LogP contribution in [0, 0.1) is 0 Å². The molecule has 138 valence electrons. The van der Waals surface area contributed by atoms with Crippen molar-refractivity contribution in [2.24, 2.45) is 0 Å². The second-order valence-corrected chi connectivity index (χ2v) is 5.71. The first kappa shape index (κ1) is 18.3. The highest BCUT2D eigenvalue weighted by atomic mass is 16.5. The van der Waals surface area contributed by atoms with Gasteiger partial charge in [-0.3, -0.25) is 9.78 Å². The third-order valence-corrected chi connectivity index (χ3v) is 3.80. The van der Waals surface area contributed by atoms with Gasteiger partial charge in [0.1, 0.15) is 12.4 Å². The number of rotatable bonds is 7. The molecule has 0 unspecified atom stereocenters. The van der Waals surface area contributed by atoms with E-state index in [2.05, 4.69) is 10.3 Å². The number of carbonyl (C=O) groups is 1. The van der Waals surface area contributed by atoms with Gasteiger partial charge in [0, 0.05) is 18.0 Å². The Morgan fingerprint density at radius 3 is 2.56 bits per heavy atom. The molecule has 2 N–H and O–H groups in total. The van der Waals surface area contributed by atoms with Crippen molar-refractivity contribution >= 4 is 11.6 Å². The molecule has 0 fully saturated rings. The Bertz CT molecular complexity index is 913. The van der Waals surface area contributed by atoms with Crippen LogP contribution >= 0.6 is 0 Å². The van der Waals surface area contributed by atoms with Crippen LogP contribution in [0.1, 0.15) is 22.8 Å². The molecular weight excluding hydrogens is 344 g/mol. The largest absolute Gasteiger partial charge is 0.506 e. The van der Waals surface area contributed by atoms with Crippen LogP contribution in [0.2, 0.25) is 0 Å². The third-order valence-electron chi connectivity index (χ3n) is 3.80. The number of aromatic nitrogens is 1. The van der Waals surface area contributed by atoms with Crippen molar-refractivity contribution in [3.05, 3.63) is 78.1 Å². The van der Waals surface area contributed by atoms with Crippen LogP contribution in [-0.2, 0) is 6.61 Å². The summed E-state index contributed by atoms with van der Waals surface area (Å²) in [5.74, 6) is 0.690. The van der Waals surface area contributed by atoms with Gasteiger partial charge in [0.25, 0.3) is 5.91 Å². The van der Waals surface area contributed by atoms with E-state index in [4.69, 9.17) is 9.47 Å². The molecule has 2 aromatic carbocycles. The maximum absolute atomic E-state index is 12.5. The molecule has 0 spiro atoms. The monoisotopic (exact) mass is 364 g/mol. The molecule has 0 aliphatic rings. The Balaban J connectivity index is 1.76. The molecule has 0 saturated heterocycles. The Hall–Kier alpha value is -3.54. The molecule has 0 aliphatic heterocycles. The van der Waals surface area contributed by atoms with Crippen LogP contribution in [0.4, 0.5) is 5.69 Å². The minimum absolute atomic E-state index is 0.00758. The number of carbonyl (C=O) groups excluding carboxylic acids is 1. The van der Waals surface area contributed by atoms with E-state index in [1.807, 2.05) is 19.1 Å². The highest BCUT2D eigenvalue weighted by Gasteiger charge is 2.13. The highest BCUT2D eigenvalue weighted by Crippen LogP contribution is 2.30. The minimum Gasteiger partial charge on any atom is -0.506 e. The molecule has 3 aromatic rings. The Kier molecular flexibility index (Phi) is 5.89. The number of phenolic OH excluding ortho intramolecular Hbond substituents is 1. The van der Waals surface area contributed by atoms with Crippen molar-refractivity contribution in [3.8, 4) is 17.2 Å². The van der Waals surface area contributed by atoms with Crippen molar-refractivity contribution in [1.82, 2.24) is 4.98 Å². The van der Waals surface area contributed by atoms with E-state index in [1.165, 1.54) is 6.07 Å². The van der Waals surface area contributed by atoms with Crippen molar-refractivity contribution in [2.75, 3.05) is 11.9 Å². The first-order chi connectivity index (χ1) is 13.2. The van der Waals surface area contributed by atoms with Gasteiger partial charge >= 0.3 is 0 Å². The molecule has 3 rings (SSSR count). The predicted molar refractivity (Wildman–Crippen MR) is 102 cm³/mol. The van der Waals surface area contributed by atoms with Gasteiger partial charge in [-0.05, 0) is 55.0 Å². The molecule has 0 saturated carbocycles. The van der Waals surface area contributed by atoms with Crippen molar-refractivity contribution in [1.29, 1.82) is 0 Å². The number of amides is 1. The van der Waals surface area contributed by atoms with E-state index >= 15 is 0 Å². The number of para-hydroxylation sites is 2. The fourth-order valence-electron chi connectivity index (χ4n) is 2.45. The second kappa shape index (κ2) is 8.71. The summed E-state index contributed by atoms with van der Waals surface area (Å²) in [7, 11) is 0. The SMILES string of the molecule is CCOc1cc(C(=O)Nc2ccccc2O)ccc1OCc1ccncc1. The number of anilines is 1. The number of hydrogen-bond acceptors (Lipinski definition) is 5. The summed E-state index contributed by atoms with van der Waals surface area (Å²) in [6.07, 6.45) is 3.41. The Labute approximate surface area is 157 Å². The lowest BCUT2D eigenvalue weighted by molar-refractivity contribution is 0.102. The van der Waals surface area contributed by atoms with E-state index in [1.54, 1.807) is 48.8 Å². The Morgan fingerprint density at radius 2 is 1.81 bits per heavy atom. The number of pyridine rings is 1. The summed E-state index contributed by atoms with van der Waals surface area (Å²) in [6.45, 7) is 2.67. The number of hydrogen-bond donors (Lipinski definition) is 2. The lowest BCUT2D eigenvalue weighted by Gasteiger charge is -2.14. The second-order valence-electron chi connectivity index (χ2n) is 5.71. The summed E-state index contributed by atoms with van der Waals surface area (Å²) in [6, 6.07) is 15.3. The zero-order chi connectivity index (χ0) is 19.1. The van der Waals surface area contributed by atoms with Crippen LogP contribution in [0.15, 0.2) is 67.0 Å². The van der Waals surface area contributed by atoms with Crippen molar-refractivity contribution in [2.45, 2.75) is 13.5 Å². The van der Waals surface area contributed by atoms with E-state index in [0.717, 1.165) is 5.56 Å². The van der Waals surface area contributed by atoms with Crippen LogP contribution in [0.3, 0.4) is 0 Å². The van der Waals surface area contributed by atoms with Gasteiger partial charge in [-0.15, -0.1) is 0 Å². The van der Waals surface area contributed by atoms with Gasteiger partial charge in [0.2, 0.25) is 0 Å². The van der Waals surface area contributed by atoms with E-state index in [9.17, 15) is 9.90 Å². The molecule has 6 nitrogen and oxygen atoms in total. The Morgan fingerprint density at radius 1 is 1.04 bits per heavy atom. The molecule has 6 heteroatoms. The van der Waals surface area contributed by atoms with Gasteiger partial charge in [-0.1, -0.05) is 12.1 Å². The van der Waals surface area contributed by atoms with Gasteiger partial charge in [-0.2, -0.15) is 0 Å². The van der Waals surface area contributed by atoms with E-state index < -0.39 is 0 Å². The summed E-state index contributed by atoms with van der Waals surface area (Å²) in [5, 5.41) is 12.5. The highest BCUT2D eigenvalue weighted by molar-refractivity contribution is 6.05. The molecular formula is C21H20N2O4. The topological polar surface area (TPSA) is 80.7 Å². The van der Waals surface area contributed by atoms with Crippen LogP contribution in [0.5, 0.6) is 17.2 Å². The number of phenols is 1. The lowest BCUT2D eigenvalue weighted by atomic mass is 10.1. The van der Waals surface area contributed by atoms with Gasteiger partial charge in [0.15, 0.2) is 11.5 Å². The van der Waals surface area contributed by atoms with Crippen molar-refractivity contribution in [3.63, 3.8) is 0 Å². The minimum atomic E-state index is -0.349. The van der Waals surface area contributed by atoms with E-state index in [-0.39, 0.29) is 11.7 Å². The predicted octanol–water partition coefficient (Wildman–Crippen LogP) is 4.02. The van der Waals surface area contributed by atoms with E-state index in [0.29, 0.717) is 36.0 Å². The number of benzene rings is 2. The van der Waals surface area contributed by atoms with Gasteiger partial charge < -0.3 is 19.9 Å². The molecule has 27 heavy (non-hydrogen) atoms. The summed E-state index contributed by atoms with van der Waals surface area (Å²) < 4.78 is 11.4. The standard InChI is InChI=1S/C21H20N2O4/c1-2-26-20-13-16(21(25)23-17-5-3-4-6-18(17)24)7-8-19(20)27-14-15-9-11-22-12-10-15/h3-13,24H,2,14H2,1H3,(H,23,25). The normalized spacial score (nSPS) is 10.3. The van der Waals surface area contributed by atoms with Gasteiger partial charge in [-0.25, -0.2) is 0 Å². The quantitative estimate of drug-likeness (QED) is 0.619. The molecule has 0 bridgehead atoms. The number of aromatic hydroxyl groups is 1. The maximum Gasteiger partial charge on any atom is 0.255 e. The smallest absolute Gasteiger partial charge is 0.255 e. The molecule has 1 amide bonds. The van der Waals surface area contributed by atoms with Gasteiger partial charge in [0.05, 0.1) is 12.3 Å². The van der Waals surface area contributed by atoms with Crippen molar-refractivity contribution < 1.29 is 19.4 Å². The average Bonchev–Trinajstić information content (AvgIpc) is 2.69. The lowest BCUT2D eigenvalue weighted by Crippen LogP contribution is -2.12.